The van der Waals surface area contributed by atoms with E-state index in [1.165, 1.54) is 23.1 Å². The molecule has 3 aliphatic heterocycles. The van der Waals surface area contributed by atoms with Crippen molar-refractivity contribution >= 4 is 19.4 Å². The second-order valence-corrected chi connectivity index (χ2v) is 6.29. The summed E-state index contributed by atoms with van der Waals surface area (Å²) in [5, 5.41) is 9.70. The van der Waals surface area contributed by atoms with E-state index in [1.807, 2.05) is 0 Å². The Hall–Kier alpha value is -1.60. The van der Waals surface area contributed by atoms with Crippen LogP contribution < -0.4 is 5.73 Å². The molecule has 114 valence electrons. The van der Waals surface area contributed by atoms with Crippen LogP contribution in [-0.4, -0.2) is 28.7 Å². The van der Waals surface area contributed by atoms with Gasteiger partial charge in [0.2, 0.25) is 0 Å². The van der Waals surface area contributed by atoms with Crippen LogP contribution in [0.15, 0.2) is 18.2 Å². The van der Waals surface area contributed by atoms with Gasteiger partial charge in [0.15, 0.2) is 0 Å². The Labute approximate surface area is 121 Å². The van der Waals surface area contributed by atoms with E-state index in [4.69, 9.17) is 19.3 Å². The maximum absolute atomic E-state index is 12.6. The highest BCUT2D eigenvalue weighted by atomic mass is 31.2. The number of nitrogen functional groups attached to an aromatic ring is 1. The Morgan fingerprint density at radius 1 is 1.48 bits per heavy atom. The lowest BCUT2D eigenvalue weighted by Gasteiger charge is -2.41. The Morgan fingerprint density at radius 2 is 2.14 bits per heavy atom. The molecule has 0 spiro atoms. The molecule has 3 N–H and O–H groups in total. The summed E-state index contributed by atoms with van der Waals surface area (Å²) in [5.41, 5.74) is 5.89. The van der Waals surface area contributed by atoms with Gasteiger partial charge in [-0.1, -0.05) is 6.07 Å². The first kappa shape index (κ1) is 14.3. The number of carbonyl (C=O) groups is 1. The number of benzene rings is 1. The fraction of sp³-hybridized carbons (Fsp3) is 0.417. The third-order valence-electron chi connectivity index (χ3n) is 3.49. The Bertz CT molecular complexity index is 653. The number of phenols is 1. The minimum absolute atomic E-state index is 0.149. The number of likely N-dealkylation sites (N-methyl/N-ethyl adjacent to an activating group) is 1. The number of nitrogens with two attached hydrogens (primary N) is 1. The van der Waals surface area contributed by atoms with Gasteiger partial charge in [-0.2, -0.15) is 0 Å². The maximum atomic E-state index is 12.6. The highest BCUT2D eigenvalue weighted by molar-refractivity contribution is 7.49. The minimum atomic E-state index is -3.76. The van der Waals surface area contributed by atoms with Crippen LogP contribution in [0.5, 0.6) is 5.75 Å². The van der Waals surface area contributed by atoms with Gasteiger partial charge in [0.1, 0.15) is 12.0 Å². The number of anilines is 1. The number of amides is 1. The molecule has 1 unspecified atom stereocenters. The minimum Gasteiger partial charge on any atom is -0.506 e. The molecule has 3 fully saturated rings. The van der Waals surface area contributed by atoms with E-state index in [1.54, 1.807) is 13.8 Å². The molecule has 3 heterocycles. The van der Waals surface area contributed by atoms with Crippen molar-refractivity contribution in [3.05, 3.63) is 23.8 Å². The fourth-order valence-corrected chi connectivity index (χ4v) is 4.00. The molecule has 4 rings (SSSR count). The molecule has 0 radical (unpaired) electrons. The lowest BCUT2D eigenvalue weighted by Crippen LogP contribution is -2.52. The summed E-state index contributed by atoms with van der Waals surface area (Å²) in [6.07, 6.45) is -0.736. The van der Waals surface area contributed by atoms with E-state index in [0.29, 0.717) is 6.54 Å². The van der Waals surface area contributed by atoms with Crippen LogP contribution in [0.3, 0.4) is 0 Å². The normalized spacial score (nSPS) is 35.2. The summed E-state index contributed by atoms with van der Waals surface area (Å²) in [6, 6.07) is 4.13. The summed E-state index contributed by atoms with van der Waals surface area (Å²) in [7, 11) is -3.76. The monoisotopic (exact) mass is 314 g/mol. The predicted octanol–water partition coefficient (Wildman–Crippen LogP) is 1.51. The molecule has 8 nitrogen and oxygen atoms in total. The zero-order valence-corrected chi connectivity index (χ0v) is 12.4. The number of carbonyl (C=O) groups excluding carboxylic acids is 1. The number of hydrogen-bond donors (Lipinski definition) is 2. The predicted molar refractivity (Wildman–Crippen MR) is 71.9 cm³/mol. The lowest BCUT2D eigenvalue weighted by molar-refractivity contribution is -0.221. The third kappa shape index (κ3) is 1.95. The van der Waals surface area contributed by atoms with Crippen molar-refractivity contribution in [2.75, 3.05) is 12.3 Å². The largest absolute Gasteiger partial charge is 0.506 e. The molecule has 3 saturated heterocycles. The number of phosphoric acid groups is 1. The van der Waals surface area contributed by atoms with Crippen LogP contribution in [-0.2, 0) is 28.7 Å². The van der Waals surface area contributed by atoms with Crippen LogP contribution in [0, 0.1) is 0 Å². The van der Waals surface area contributed by atoms with E-state index in [0.717, 1.165) is 0 Å². The van der Waals surface area contributed by atoms with Crippen LogP contribution in [0.1, 0.15) is 19.4 Å². The molecule has 0 aliphatic carbocycles. The van der Waals surface area contributed by atoms with Crippen molar-refractivity contribution in [1.82, 2.24) is 4.90 Å². The Morgan fingerprint density at radius 3 is 2.71 bits per heavy atom. The van der Waals surface area contributed by atoms with Crippen molar-refractivity contribution in [2.45, 2.75) is 25.9 Å². The van der Waals surface area contributed by atoms with Gasteiger partial charge in [-0.15, -0.1) is 0 Å². The summed E-state index contributed by atoms with van der Waals surface area (Å²) in [6.45, 7) is 3.67. The average Bonchev–Trinajstić information content (AvgIpc) is 2.51. The molecular formula is C12H15N2O6P. The highest BCUT2D eigenvalue weighted by Gasteiger charge is 2.68. The van der Waals surface area contributed by atoms with Gasteiger partial charge in [-0.3, -0.25) is 9.32 Å². The van der Waals surface area contributed by atoms with Gasteiger partial charge in [-0.05, 0) is 26.0 Å². The smallest absolute Gasteiger partial charge is 0.483 e. The standard InChI is InChI=1S/C12H15N2O6P/c1-3-14-7(2)18-21(17)19-12(20-21,11(14)16)8-4-5-9(13)10(15)6-8/h4-7,15H,3,13H2,1-2H3. The third-order valence-corrected chi connectivity index (χ3v) is 5.02. The molecular weight excluding hydrogens is 299 g/mol. The first-order valence-corrected chi connectivity index (χ1v) is 7.87. The molecule has 9 heteroatoms. The molecule has 1 amide bonds. The van der Waals surface area contributed by atoms with Crippen LogP contribution in [0.25, 0.3) is 0 Å². The van der Waals surface area contributed by atoms with Gasteiger partial charge < -0.3 is 15.7 Å². The molecule has 21 heavy (non-hydrogen) atoms. The van der Waals surface area contributed by atoms with Crippen molar-refractivity contribution in [1.29, 1.82) is 0 Å². The van der Waals surface area contributed by atoms with Gasteiger partial charge in [-0.25, -0.2) is 13.6 Å². The zero-order valence-electron chi connectivity index (χ0n) is 11.5. The SMILES string of the molecule is CCN1C(=O)C2(c3ccc(N)c(O)c3)OP(=O)(OC1C)O2. The van der Waals surface area contributed by atoms with Gasteiger partial charge in [0.05, 0.1) is 5.69 Å². The van der Waals surface area contributed by atoms with E-state index in [-0.39, 0.29) is 17.0 Å². The van der Waals surface area contributed by atoms with Gasteiger partial charge in [0.25, 0.3) is 11.7 Å². The maximum Gasteiger partial charge on any atom is 0.483 e. The number of aromatic hydroxyl groups is 1. The van der Waals surface area contributed by atoms with E-state index in [2.05, 4.69) is 0 Å². The summed E-state index contributed by atoms with van der Waals surface area (Å²) in [4.78, 5) is 14.0. The lowest BCUT2D eigenvalue weighted by atomic mass is 10.0. The highest BCUT2D eigenvalue weighted by Crippen LogP contribution is 2.71. The molecule has 3 aliphatic rings. The van der Waals surface area contributed by atoms with Crippen molar-refractivity contribution in [3.8, 4) is 5.75 Å². The van der Waals surface area contributed by atoms with Crippen LogP contribution >= 0.6 is 7.82 Å². The second-order valence-electron chi connectivity index (χ2n) is 4.82. The van der Waals surface area contributed by atoms with Crippen LogP contribution in [0.4, 0.5) is 5.69 Å². The van der Waals surface area contributed by atoms with Gasteiger partial charge in [0, 0.05) is 12.1 Å². The van der Waals surface area contributed by atoms with Crippen molar-refractivity contribution in [2.24, 2.45) is 0 Å². The van der Waals surface area contributed by atoms with Crippen molar-refractivity contribution in [3.63, 3.8) is 0 Å². The quantitative estimate of drug-likeness (QED) is 0.483. The molecule has 1 aromatic rings. The Balaban J connectivity index is 2.09. The van der Waals surface area contributed by atoms with Gasteiger partial charge >= 0.3 is 7.82 Å². The summed E-state index contributed by atoms with van der Waals surface area (Å²) >= 11 is 0. The first-order valence-electron chi connectivity index (χ1n) is 6.41. The number of phosphoric ester groups is 1. The number of fused-ring (bicyclic) bond motifs is 3. The topological polar surface area (TPSA) is 111 Å². The number of hydrogen-bond acceptors (Lipinski definition) is 7. The van der Waals surface area contributed by atoms with Crippen molar-refractivity contribution < 1.29 is 28.0 Å². The Kier molecular flexibility index (Phi) is 3.04. The molecule has 2 bridgehead atoms. The number of rotatable bonds is 2. The number of nitrogens with zero attached hydrogens (tertiary/aromatic N) is 1. The first-order chi connectivity index (χ1) is 9.81. The van der Waals surface area contributed by atoms with Crippen LogP contribution in [0.2, 0.25) is 0 Å². The van der Waals surface area contributed by atoms with E-state index >= 15 is 0 Å². The van der Waals surface area contributed by atoms with E-state index in [9.17, 15) is 14.5 Å². The van der Waals surface area contributed by atoms with E-state index < -0.39 is 25.7 Å². The summed E-state index contributed by atoms with van der Waals surface area (Å²) in [5.74, 6) is -2.61. The molecule has 0 saturated carbocycles. The molecule has 0 aromatic heterocycles. The number of phenolic OH excluding ortho intramolecular Hbond substituents is 1. The second kappa shape index (κ2) is 4.45. The fourth-order valence-electron chi connectivity index (χ4n) is 2.42. The summed E-state index contributed by atoms with van der Waals surface area (Å²) < 4.78 is 27.8. The average molecular weight is 314 g/mol. The zero-order chi connectivity index (χ0) is 15.4. The molecule has 1 aromatic carbocycles. The molecule has 1 atom stereocenters.